The van der Waals surface area contributed by atoms with Gasteiger partial charge in [-0.2, -0.15) is 10.5 Å². The number of carbonyl (C=O) groups excluding carboxylic acids is 1. The van der Waals surface area contributed by atoms with E-state index in [4.69, 9.17) is 4.98 Å². The van der Waals surface area contributed by atoms with Crippen LogP contribution in [-0.4, -0.2) is 10.8 Å². The first-order chi connectivity index (χ1) is 17.7. The first-order valence-electron chi connectivity index (χ1n) is 11.1. The molecule has 6 heteroatoms. The number of hydrogen-bond acceptors (Lipinski definition) is 6. The van der Waals surface area contributed by atoms with Gasteiger partial charge in [0, 0.05) is 27.2 Å². The molecule has 0 unspecified atom stereocenters. The molecule has 36 heavy (non-hydrogen) atoms. The number of benzene rings is 3. The Labute approximate surface area is 215 Å². The molecule has 2 heterocycles. The average Bonchev–Trinajstić information content (AvgIpc) is 3.57. The first kappa shape index (κ1) is 21.9. The molecule has 0 spiro atoms. The Morgan fingerprint density at radius 2 is 1.42 bits per heavy atom. The highest BCUT2D eigenvalue weighted by Crippen LogP contribution is 2.42. The van der Waals surface area contributed by atoms with E-state index in [-0.39, 0.29) is 11.4 Å². The van der Waals surface area contributed by atoms with Crippen LogP contribution in [0, 0.1) is 22.7 Å². The van der Waals surface area contributed by atoms with Crippen molar-refractivity contribution in [2.24, 2.45) is 0 Å². The number of nitrogens with zero attached hydrogens (tertiary/aromatic N) is 3. The molecule has 3 aromatic carbocycles. The summed E-state index contributed by atoms with van der Waals surface area (Å²) >= 11 is 3.10. The monoisotopic (exact) mass is 497 g/mol. The van der Waals surface area contributed by atoms with E-state index in [1.165, 1.54) is 16.9 Å². The zero-order chi connectivity index (χ0) is 24.6. The minimum atomic E-state index is -0.174. The van der Waals surface area contributed by atoms with Crippen LogP contribution in [-0.2, 0) is 0 Å². The lowest BCUT2D eigenvalue weighted by atomic mass is 9.99. The van der Waals surface area contributed by atoms with E-state index in [9.17, 15) is 15.3 Å². The Bertz CT molecular complexity index is 1760. The fourth-order valence-corrected chi connectivity index (χ4v) is 6.55. The molecule has 6 rings (SSSR count). The van der Waals surface area contributed by atoms with E-state index in [1.54, 1.807) is 41.7 Å². The van der Waals surface area contributed by atoms with Crippen molar-refractivity contribution in [2.75, 3.05) is 0 Å². The second-order valence-electron chi connectivity index (χ2n) is 8.19. The molecule has 1 aliphatic rings. The smallest absolute Gasteiger partial charge is 0.194 e. The van der Waals surface area contributed by atoms with Gasteiger partial charge in [-0.05, 0) is 28.8 Å². The lowest BCUT2D eigenvalue weighted by Crippen LogP contribution is -1.95. The molecule has 0 N–H and O–H groups in total. The fraction of sp³-hybridized carbons (Fsp3) is 0. The van der Waals surface area contributed by atoms with Crippen molar-refractivity contribution in [3.63, 3.8) is 0 Å². The number of aromatic nitrogens is 1. The molecule has 0 amide bonds. The third-order valence-corrected chi connectivity index (χ3v) is 8.22. The summed E-state index contributed by atoms with van der Waals surface area (Å²) in [7, 11) is 0. The van der Waals surface area contributed by atoms with Gasteiger partial charge < -0.3 is 0 Å². The third kappa shape index (κ3) is 3.66. The molecule has 0 aliphatic heterocycles. The van der Waals surface area contributed by atoms with Gasteiger partial charge in [0.15, 0.2) is 5.78 Å². The number of rotatable bonds is 3. The number of fused-ring (bicyclic) bond motifs is 2. The number of Topliss-reactive ketones (excluding diaryl/α,β-unsaturated/α-hetero) is 1. The molecule has 4 nitrogen and oxygen atoms in total. The highest BCUT2D eigenvalue weighted by molar-refractivity contribution is 7.29. The predicted molar refractivity (Wildman–Crippen MR) is 145 cm³/mol. The topological polar surface area (TPSA) is 77.5 Å². The van der Waals surface area contributed by atoms with Gasteiger partial charge in [0.1, 0.15) is 27.5 Å². The SMILES string of the molecule is N#CC(C#N)=C1/C(=C/c2cc3sc(-c4ccc(-c5ccccc5)cc4)nc3s2)C(=O)c2ccccc21. The number of allylic oxidation sites excluding steroid dienone is 3. The molecule has 0 atom stereocenters. The Morgan fingerprint density at radius 1 is 0.778 bits per heavy atom. The average molecular weight is 498 g/mol. The molecule has 0 fully saturated rings. The van der Waals surface area contributed by atoms with Gasteiger partial charge in [-0.1, -0.05) is 78.9 Å². The van der Waals surface area contributed by atoms with Crippen molar-refractivity contribution in [2.45, 2.75) is 0 Å². The van der Waals surface area contributed by atoms with Gasteiger partial charge in [0.2, 0.25) is 0 Å². The number of ketones is 1. The van der Waals surface area contributed by atoms with Crippen LogP contribution >= 0.6 is 22.7 Å². The molecule has 0 saturated carbocycles. The maximum Gasteiger partial charge on any atom is 0.194 e. The van der Waals surface area contributed by atoms with Gasteiger partial charge in [-0.3, -0.25) is 4.79 Å². The van der Waals surface area contributed by atoms with Crippen LogP contribution in [0.4, 0.5) is 0 Å². The maximum absolute atomic E-state index is 13.1. The predicted octanol–water partition coefficient (Wildman–Crippen LogP) is 7.77. The number of hydrogen-bond donors (Lipinski definition) is 0. The number of nitriles is 2. The van der Waals surface area contributed by atoms with Crippen LogP contribution in [0.25, 0.3) is 42.9 Å². The molecule has 0 radical (unpaired) electrons. The molecule has 0 bridgehead atoms. The van der Waals surface area contributed by atoms with E-state index in [0.29, 0.717) is 22.3 Å². The van der Waals surface area contributed by atoms with Crippen molar-refractivity contribution in [1.29, 1.82) is 10.5 Å². The van der Waals surface area contributed by atoms with E-state index >= 15 is 0 Å². The second-order valence-corrected chi connectivity index (χ2v) is 10.3. The van der Waals surface area contributed by atoms with Crippen LogP contribution in [0.1, 0.15) is 20.8 Å². The zero-order valence-electron chi connectivity index (χ0n) is 18.7. The highest BCUT2D eigenvalue weighted by Gasteiger charge is 2.32. The quantitative estimate of drug-likeness (QED) is 0.188. The summed E-state index contributed by atoms with van der Waals surface area (Å²) in [6, 6.07) is 31.7. The Kier molecular flexibility index (Phi) is 5.39. The molecular formula is C30H15N3OS2. The molecule has 5 aromatic rings. The summed E-state index contributed by atoms with van der Waals surface area (Å²) in [6.45, 7) is 0. The Hall–Kier alpha value is -4.62. The van der Waals surface area contributed by atoms with E-state index in [0.717, 1.165) is 30.5 Å². The van der Waals surface area contributed by atoms with Crippen molar-refractivity contribution < 1.29 is 4.79 Å². The molecule has 2 aromatic heterocycles. The van der Waals surface area contributed by atoms with Crippen LogP contribution < -0.4 is 0 Å². The Morgan fingerprint density at radius 3 is 2.11 bits per heavy atom. The standard InChI is InChI=1S/C30H15N3OS2/c31-16-21(17-32)27-23-8-4-5-9-24(23)28(34)25(27)14-22-15-26-30(35-22)33-29(36-26)20-12-10-19(11-13-20)18-6-2-1-3-7-18/h1-15H/b25-14-. The minimum absolute atomic E-state index is 0.0581. The Balaban J connectivity index is 1.35. The summed E-state index contributed by atoms with van der Waals surface area (Å²) in [4.78, 5) is 19.7. The van der Waals surface area contributed by atoms with E-state index < -0.39 is 0 Å². The zero-order valence-corrected chi connectivity index (χ0v) is 20.4. The van der Waals surface area contributed by atoms with E-state index in [2.05, 4.69) is 36.4 Å². The molecule has 1 aliphatic carbocycles. The highest BCUT2D eigenvalue weighted by atomic mass is 32.1. The van der Waals surface area contributed by atoms with Gasteiger partial charge in [0.25, 0.3) is 0 Å². The lowest BCUT2D eigenvalue weighted by molar-refractivity contribution is 0.104. The number of thiophene rings is 1. The van der Waals surface area contributed by atoms with E-state index in [1.807, 2.05) is 36.4 Å². The van der Waals surface area contributed by atoms with Crippen LogP contribution in [0.3, 0.4) is 0 Å². The number of thiazole rings is 1. The van der Waals surface area contributed by atoms with Crippen molar-refractivity contribution >= 4 is 49.6 Å². The van der Waals surface area contributed by atoms with Gasteiger partial charge in [-0.25, -0.2) is 4.98 Å². The lowest BCUT2D eigenvalue weighted by Gasteiger charge is -2.02. The largest absolute Gasteiger partial charge is 0.289 e. The van der Waals surface area contributed by atoms with Crippen molar-refractivity contribution in [1.82, 2.24) is 4.98 Å². The maximum atomic E-state index is 13.1. The summed E-state index contributed by atoms with van der Waals surface area (Å²) in [5.74, 6) is -0.174. The normalized spacial score (nSPS) is 13.6. The molecule has 0 saturated heterocycles. The van der Waals surface area contributed by atoms with Crippen molar-refractivity contribution in [3.8, 4) is 33.8 Å². The molecule has 168 valence electrons. The summed E-state index contributed by atoms with van der Waals surface area (Å²) in [5, 5.41) is 20.0. The van der Waals surface area contributed by atoms with Crippen molar-refractivity contribution in [3.05, 3.63) is 112 Å². The summed E-state index contributed by atoms with van der Waals surface area (Å²) < 4.78 is 1.03. The fourth-order valence-electron chi connectivity index (χ4n) is 4.37. The third-order valence-electron chi connectivity index (χ3n) is 6.06. The van der Waals surface area contributed by atoms with Crippen LogP contribution in [0.2, 0.25) is 0 Å². The minimum Gasteiger partial charge on any atom is -0.289 e. The van der Waals surface area contributed by atoms with Crippen LogP contribution in [0.5, 0.6) is 0 Å². The second kappa shape index (κ2) is 8.87. The van der Waals surface area contributed by atoms with Gasteiger partial charge in [0.05, 0.1) is 4.70 Å². The first-order valence-corrected chi connectivity index (χ1v) is 12.8. The summed E-state index contributed by atoms with van der Waals surface area (Å²) in [6.07, 6.45) is 1.78. The van der Waals surface area contributed by atoms with Gasteiger partial charge in [-0.15, -0.1) is 22.7 Å². The van der Waals surface area contributed by atoms with Gasteiger partial charge >= 0.3 is 0 Å². The molecular weight excluding hydrogens is 482 g/mol. The number of carbonyl (C=O) groups is 1. The van der Waals surface area contributed by atoms with Crippen LogP contribution in [0.15, 0.2) is 96.1 Å². The summed E-state index contributed by atoms with van der Waals surface area (Å²) in [5.41, 5.74) is 5.26.